The highest BCUT2D eigenvalue weighted by Gasteiger charge is 1.93. The number of nitrogens with one attached hydrogen (secondary N) is 1. The SMILES string of the molecule is CCNC(=NCc1ccccc1)SC. The number of rotatable bonds is 3. The monoisotopic (exact) mass is 208 g/mol. The van der Waals surface area contributed by atoms with E-state index in [2.05, 4.69) is 29.4 Å². The molecule has 1 rings (SSSR count). The number of hydrogen-bond acceptors (Lipinski definition) is 2. The minimum atomic E-state index is 0.754. The molecule has 0 spiro atoms. The number of amidine groups is 1. The molecule has 0 aliphatic carbocycles. The van der Waals surface area contributed by atoms with E-state index in [9.17, 15) is 0 Å². The molecule has 0 bridgehead atoms. The molecule has 0 saturated carbocycles. The maximum absolute atomic E-state index is 4.47. The summed E-state index contributed by atoms with van der Waals surface area (Å²) in [6.45, 7) is 3.76. The summed E-state index contributed by atoms with van der Waals surface area (Å²) in [5.74, 6) is 0. The second-order valence-corrected chi connectivity index (χ2v) is 3.64. The number of thioether (sulfide) groups is 1. The number of hydrogen-bond donors (Lipinski definition) is 1. The molecule has 2 nitrogen and oxygen atoms in total. The van der Waals surface area contributed by atoms with Crippen LogP contribution in [-0.4, -0.2) is 18.0 Å². The second kappa shape index (κ2) is 6.49. The molecule has 0 unspecified atom stereocenters. The van der Waals surface area contributed by atoms with E-state index in [-0.39, 0.29) is 0 Å². The molecule has 0 heterocycles. The molecule has 0 radical (unpaired) electrons. The van der Waals surface area contributed by atoms with Crippen molar-refractivity contribution in [1.29, 1.82) is 0 Å². The van der Waals surface area contributed by atoms with Crippen molar-refractivity contribution in [2.24, 2.45) is 4.99 Å². The van der Waals surface area contributed by atoms with Crippen LogP contribution >= 0.6 is 11.8 Å². The topological polar surface area (TPSA) is 24.4 Å². The molecule has 0 atom stereocenters. The van der Waals surface area contributed by atoms with Gasteiger partial charge in [0.25, 0.3) is 0 Å². The third-order valence-corrected chi connectivity index (χ3v) is 2.43. The van der Waals surface area contributed by atoms with Crippen molar-refractivity contribution in [2.75, 3.05) is 12.8 Å². The van der Waals surface area contributed by atoms with Crippen LogP contribution in [0.25, 0.3) is 0 Å². The van der Waals surface area contributed by atoms with E-state index in [1.807, 2.05) is 24.5 Å². The van der Waals surface area contributed by atoms with Gasteiger partial charge in [0.1, 0.15) is 0 Å². The Labute approximate surface area is 89.8 Å². The summed E-state index contributed by atoms with van der Waals surface area (Å²) in [5.41, 5.74) is 1.25. The molecule has 14 heavy (non-hydrogen) atoms. The summed E-state index contributed by atoms with van der Waals surface area (Å²) in [6.07, 6.45) is 2.03. The van der Waals surface area contributed by atoms with Gasteiger partial charge in [-0.2, -0.15) is 0 Å². The third kappa shape index (κ3) is 3.83. The molecule has 3 heteroatoms. The number of nitrogens with zero attached hydrogens (tertiary/aromatic N) is 1. The van der Waals surface area contributed by atoms with Crippen LogP contribution in [0, 0.1) is 0 Å². The molecule has 1 aromatic rings. The normalized spacial score (nSPS) is 11.4. The Morgan fingerprint density at radius 1 is 1.36 bits per heavy atom. The molecule has 0 aliphatic heterocycles. The van der Waals surface area contributed by atoms with Crippen LogP contribution in [0.1, 0.15) is 12.5 Å². The highest BCUT2D eigenvalue weighted by atomic mass is 32.2. The first-order chi connectivity index (χ1) is 6.86. The van der Waals surface area contributed by atoms with Gasteiger partial charge in [-0.15, -0.1) is 0 Å². The zero-order valence-corrected chi connectivity index (χ0v) is 9.47. The van der Waals surface area contributed by atoms with Gasteiger partial charge in [-0.3, -0.25) is 4.99 Å². The average molecular weight is 208 g/mol. The summed E-state index contributed by atoms with van der Waals surface area (Å²) in [7, 11) is 0. The number of aliphatic imine (C=N–C) groups is 1. The summed E-state index contributed by atoms with van der Waals surface area (Å²) in [4.78, 5) is 4.47. The third-order valence-electron chi connectivity index (χ3n) is 1.77. The first kappa shape index (κ1) is 11.1. The fourth-order valence-corrected chi connectivity index (χ4v) is 1.57. The van der Waals surface area contributed by atoms with Crippen LogP contribution in [0.5, 0.6) is 0 Å². The van der Waals surface area contributed by atoms with Crippen LogP contribution < -0.4 is 5.32 Å². The van der Waals surface area contributed by atoms with E-state index in [4.69, 9.17) is 0 Å². The zero-order valence-electron chi connectivity index (χ0n) is 8.66. The van der Waals surface area contributed by atoms with E-state index in [0.717, 1.165) is 18.3 Å². The van der Waals surface area contributed by atoms with Crippen LogP contribution in [0.15, 0.2) is 35.3 Å². The standard InChI is InChI=1S/C11H16N2S/c1-3-12-11(14-2)13-9-10-7-5-4-6-8-10/h4-8H,3,9H2,1-2H3,(H,12,13). The molecule has 76 valence electrons. The van der Waals surface area contributed by atoms with Gasteiger partial charge in [0, 0.05) is 6.54 Å². The van der Waals surface area contributed by atoms with Gasteiger partial charge < -0.3 is 5.32 Å². The van der Waals surface area contributed by atoms with Crippen LogP contribution in [0.3, 0.4) is 0 Å². The Bertz CT molecular complexity index is 283. The highest BCUT2D eigenvalue weighted by molar-refractivity contribution is 8.13. The lowest BCUT2D eigenvalue weighted by Crippen LogP contribution is -2.19. The fourth-order valence-electron chi connectivity index (χ4n) is 1.09. The van der Waals surface area contributed by atoms with Crippen LogP contribution in [-0.2, 0) is 6.54 Å². The van der Waals surface area contributed by atoms with Crippen molar-refractivity contribution in [1.82, 2.24) is 5.32 Å². The Morgan fingerprint density at radius 3 is 2.64 bits per heavy atom. The quantitative estimate of drug-likeness (QED) is 0.609. The van der Waals surface area contributed by atoms with Gasteiger partial charge in [-0.1, -0.05) is 42.1 Å². The van der Waals surface area contributed by atoms with E-state index >= 15 is 0 Å². The molecule has 1 N–H and O–H groups in total. The van der Waals surface area contributed by atoms with Gasteiger partial charge in [0.05, 0.1) is 6.54 Å². The van der Waals surface area contributed by atoms with Gasteiger partial charge in [0.15, 0.2) is 5.17 Å². The molecule has 0 saturated heterocycles. The Morgan fingerprint density at radius 2 is 2.07 bits per heavy atom. The summed E-state index contributed by atoms with van der Waals surface area (Å²) < 4.78 is 0. The Hall–Kier alpha value is -0.960. The lowest BCUT2D eigenvalue weighted by atomic mass is 10.2. The summed E-state index contributed by atoms with van der Waals surface area (Å²) in [5, 5.41) is 4.23. The Kier molecular flexibility index (Phi) is 5.15. The molecule has 0 aliphatic rings. The zero-order chi connectivity index (χ0) is 10.2. The van der Waals surface area contributed by atoms with E-state index < -0.39 is 0 Å². The van der Waals surface area contributed by atoms with E-state index in [0.29, 0.717) is 0 Å². The summed E-state index contributed by atoms with van der Waals surface area (Å²) >= 11 is 1.65. The van der Waals surface area contributed by atoms with Gasteiger partial charge >= 0.3 is 0 Å². The van der Waals surface area contributed by atoms with Crippen molar-refractivity contribution < 1.29 is 0 Å². The molecule has 0 amide bonds. The minimum Gasteiger partial charge on any atom is -0.365 e. The van der Waals surface area contributed by atoms with Crippen LogP contribution in [0.2, 0.25) is 0 Å². The van der Waals surface area contributed by atoms with Gasteiger partial charge in [0.2, 0.25) is 0 Å². The number of benzene rings is 1. The van der Waals surface area contributed by atoms with Crippen molar-refractivity contribution >= 4 is 16.9 Å². The fraction of sp³-hybridized carbons (Fsp3) is 0.364. The minimum absolute atomic E-state index is 0.754. The van der Waals surface area contributed by atoms with Crippen molar-refractivity contribution in [3.05, 3.63) is 35.9 Å². The highest BCUT2D eigenvalue weighted by Crippen LogP contribution is 2.02. The second-order valence-electron chi connectivity index (χ2n) is 2.84. The van der Waals surface area contributed by atoms with E-state index in [1.54, 1.807) is 11.8 Å². The smallest absolute Gasteiger partial charge is 0.156 e. The molecular formula is C11H16N2S. The van der Waals surface area contributed by atoms with Crippen LogP contribution in [0.4, 0.5) is 0 Å². The molecule has 1 aromatic carbocycles. The first-order valence-electron chi connectivity index (χ1n) is 4.73. The first-order valence-corrected chi connectivity index (χ1v) is 5.95. The van der Waals surface area contributed by atoms with Crippen molar-refractivity contribution in [3.8, 4) is 0 Å². The van der Waals surface area contributed by atoms with Crippen molar-refractivity contribution in [3.63, 3.8) is 0 Å². The predicted molar refractivity (Wildman–Crippen MR) is 64.8 cm³/mol. The van der Waals surface area contributed by atoms with Gasteiger partial charge in [-0.25, -0.2) is 0 Å². The maximum atomic E-state index is 4.47. The molecule has 0 aromatic heterocycles. The lowest BCUT2D eigenvalue weighted by molar-refractivity contribution is 0.955. The Balaban J connectivity index is 2.52. The lowest BCUT2D eigenvalue weighted by Gasteiger charge is -2.04. The maximum Gasteiger partial charge on any atom is 0.156 e. The largest absolute Gasteiger partial charge is 0.365 e. The summed E-state index contributed by atoms with van der Waals surface area (Å²) in [6, 6.07) is 10.3. The van der Waals surface area contributed by atoms with Crippen molar-refractivity contribution in [2.45, 2.75) is 13.5 Å². The molecular weight excluding hydrogens is 192 g/mol. The van der Waals surface area contributed by atoms with E-state index in [1.165, 1.54) is 5.56 Å². The predicted octanol–water partition coefficient (Wildman–Crippen LogP) is 2.52. The molecule has 0 fully saturated rings. The average Bonchev–Trinajstić information content (AvgIpc) is 2.25. The van der Waals surface area contributed by atoms with Gasteiger partial charge in [-0.05, 0) is 18.7 Å².